The number of hydrogen-bond donors (Lipinski definition) is 1. The molecule has 132 valence electrons. The van der Waals surface area contributed by atoms with Crippen LogP contribution in [0.3, 0.4) is 0 Å². The predicted octanol–water partition coefficient (Wildman–Crippen LogP) is 3.65. The molecule has 1 amide bonds. The van der Waals surface area contributed by atoms with Crippen LogP contribution < -0.4 is 10.1 Å². The number of ether oxygens (including phenoxy) is 2. The third-order valence-electron chi connectivity index (χ3n) is 3.26. The van der Waals surface area contributed by atoms with Gasteiger partial charge in [0.15, 0.2) is 6.10 Å². The van der Waals surface area contributed by atoms with E-state index in [1.165, 1.54) is 32.0 Å². The molecule has 8 heteroatoms. The monoisotopic (exact) mass is 380 g/mol. The van der Waals surface area contributed by atoms with E-state index in [1.807, 2.05) is 6.26 Å². The lowest BCUT2D eigenvalue weighted by atomic mass is 10.2. The van der Waals surface area contributed by atoms with Gasteiger partial charge in [0.25, 0.3) is 5.91 Å². The van der Waals surface area contributed by atoms with Crippen LogP contribution in [-0.4, -0.2) is 36.3 Å². The Bertz CT molecular complexity index is 768. The summed E-state index contributed by atoms with van der Waals surface area (Å²) in [5.41, 5.74) is 0.254. The number of rotatable bonds is 6. The maximum atomic E-state index is 12.3. The zero-order valence-corrected chi connectivity index (χ0v) is 15.5. The molecule has 0 saturated carbocycles. The van der Waals surface area contributed by atoms with Crippen molar-refractivity contribution < 1.29 is 19.1 Å². The third-order valence-corrected chi connectivity index (χ3v) is 4.21. The molecule has 2 aromatic rings. The first-order chi connectivity index (χ1) is 11.9. The van der Waals surface area contributed by atoms with E-state index >= 15 is 0 Å². The number of nitrogens with zero attached hydrogens (tertiary/aromatic N) is 1. The van der Waals surface area contributed by atoms with Crippen molar-refractivity contribution in [2.24, 2.45) is 0 Å². The van der Waals surface area contributed by atoms with Crippen LogP contribution in [0.5, 0.6) is 5.75 Å². The molecule has 1 heterocycles. The first-order valence-electron chi connectivity index (χ1n) is 7.30. The second-order valence-corrected chi connectivity index (χ2v) is 6.28. The van der Waals surface area contributed by atoms with E-state index in [0.717, 1.165) is 4.90 Å². The summed E-state index contributed by atoms with van der Waals surface area (Å²) < 4.78 is 10.4. The molecule has 1 aromatic carbocycles. The van der Waals surface area contributed by atoms with Gasteiger partial charge in [-0.1, -0.05) is 11.6 Å². The average molecular weight is 381 g/mol. The van der Waals surface area contributed by atoms with Crippen LogP contribution >= 0.6 is 23.4 Å². The number of hydrogen-bond acceptors (Lipinski definition) is 6. The topological polar surface area (TPSA) is 77.5 Å². The van der Waals surface area contributed by atoms with Gasteiger partial charge in [0.2, 0.25) is 0 Å². The minimum absolute atomic E-state index is 0.254. The molecule has 0 aliphatic heterocycles. The Balaban J connectivity index is 2.04. The summed E-state index contributed by atoms with van der Waals surface area (Å²) >= 11 is 7.27. The van der Waals surface area contributed by atoms with Gasteiger partial charge in [-0.2, -0.15) is 0 Å². The summed E-state index contributed by atoms with van der Waals surface area (Å²) in [6.45, 7) is 1.48. The van der Waals surface area contributed by atoms with Gasteiger partial charge < -0.3 is 14.8 Å². The number of pyridine rings is 1. The van der Waals surface area contributed by atoms with Crippen LogP contribution in [0.2, 0.25) is 5.02 Å². The standard InChI is InChI=1S/C17H17ClN2O4S/c1-10(16(21)20-15-7-4-11(18)9-19-15)24-17(22)13-6-5-12(25-3)8-14(13)23-2/h4-10H,1-3H3,(H,19,20,21)/t10-/m1/s1. The maximum Gasteiger partial charge on any atom is 0.342 e. The Morgan fingerprint density at radius 1 is 1.28 bits per heavy atom. The zero-order valence-electron chi connectivity index (χ0n) is 13.9. The normalized spacial score (nSPS) is 11.5. The second-order valence-electron chi connectivity index (χ2n) is 4.96. The largest absolute Gasteiger partial charge is 0.496 e. The van der Waals surface area contributed by atoms with E-state index in [0.29, 0.717) is 16.6 Å². The van der Waals surface area contributed by atoms with Gasteiger partial charge in [-0.3, -0.25) is 4.79 Å². The number of amides is 1. The quantitative estimate of drug-likeness (QED) is 0.608. The number of esters is 1. The molecule has 0 unspecified atom stereocenters. The highest BCUT2D eigenvalue weighted by atomic mass is 35.5. The lowest BCUT2D eigenvalue weighted by Crippen LogP contribution is -2.30. The molecule has 0 aliphatic rings. The van der Waals surface area contributed by atoms with Gasteiger partial charge >= 0.3 is 5.97 Å². The molecule has 0 fully saturated rings. The summed E-state index contributed by atoms with van der Waals surface area (Å²) in [5, 5.41) is 3.01. The number of carbonyl (C=O) groups excluding carboxylic acids is 2. The van der Waals surface area contributed by atoms with Crippen LogP contribution in [-0.2, 0) is 9.53 Å². The van der Waals surface area contributed by atoms with E-state index in [9.17, 15) is 9.59 Å². The Morgan fingerprint density at radius 2 is 2.04 bits per heavy atom. The van der Waals surface area contributed by atoms with E-state index in [-0.39, 0.29) is 5.56 Å². The van der Waals surface area contributed by atoms with Gasteiger partial charge in [0, 0.05) is 11.1 Å². The highest BCUT2D eigenvalue weighted by molar-refractivity contribution is 7.98. The minimum atomic E-state index is -1.00. The zero-order chi connectivity index (χ0) is 18.4. The number of thioether (sulfide) groups is 1. The molecule has 25 heavy (non-hydrogen) atoms. The van der Waals surface area contributed by atoms with Gasteiger partial charge in [-0.25, -0.2) is 9.78 Å². The summed E-state index contributed by atoms with van der Waals surface area (Å²) in [6.07, 6.45) is 2.32. The Morgan fingerprint density at radius 3 is 2.64 bits per heavy atom. The van der Waals surface area contributed by atoms with Crippen molar-refractivity contribution in [3.8, 4) is 5.75 Å². The van der Waals surface area contributed by atoms with E-state index in [1.54, 1.807) is 30.3 Å². The summed E-state index contributed by atoms with van der Waals surface area (Å²) in [5.74, 6) is -0.429. The van der Waals surface area contributed by atoms with Crippen molar-refractivity contribution in [2.75, 3.05) is 18.7 Å². The van der Waals surface area contributed by atoms with E-state index in [4.69, 9.17) is 21.1 Å². The summed E-state index contributed by atoms with van der Waals surface area (Å²) in [4.78, 5) is 29.3. The predicted molar refractivity (Wildman–Crippen MR) is 97.5 cm³/mol. The molecular weight excluding hydrogens is 364 g/mol. The van der Waals surface area contributed by atoms with Crippen LogP contribution in [0.15, 0.2) is 41.4 Å². The van der Waals surface area contributed by atoms with Crippen molar-refractivity contribution in [1.29, 1.82) is 0 Å². The van der Waals surface area contributed by atoms with Crippen LogP contribution in [0, 0.1) is 0 Å². The third kappa shape index (κ3) is 5.11. The maximum absolute atomic E-state index is 12.3. The Hall–Kier alpha value is -2.25. The van der Waals surface area contributed by atoms with Gasteiger partial charge in [-0.15, -0.1) is 11.8 Å². The molecule has 1 N–H and O–H groups in total. The molecule has 0 saturated heterocycles. The first kappa shape index (κ1) is 19.1. The van der Waals surface area contributed by atoms with Crippen molar-refractivity contribution in [3.63, 3.8) is 0 Å². The highest BCUT2D eigenvalue weighted by Gasteiger charge is 2.22. The molecule has 1 aromatic heterocycles. The molecule has 0 radical (unpaired) electrons. The second kappa shape index (κ2) is 8.73. The molecule has 0 aliphatic carbocycles. The van der Waals surface area contributed by atoms with Crippen molar-refractivity contribution in [2.45, 2.75) is 17.9 Å². The fraction of sp³-hybridized carbons (Fsp3) is 0.235. The molecule has 6 nitrogen and oxygen atoms in total. The fourth-order valence-electron chi connectivity index (χ4n) is 1.92. The van der Waals surface area contributed by atoms with Gasteiger partial charge in [0.1, 0.15) is 17.1 Å². The van der Waals surface area contributed by atoms with Gasteiger partial charge in [-0.05, 0) is 43.5 Å². The number of anilines is 1. The SMILES string of the molecule is COc1cc(SC)ccc1C(=O)O[C@H](C)C(=O)Nc1ccc(Cl)cn1. The lowest BCUT2D eigenvalue weighted by Gasteiger charge is -2.15. The summed E-state index contributed by atoms with van der Waals surface area (Å²) in [7, 11) is 1.47. The highest BCUT2D eigenvalue weighted by Crippen LogP contribution is 2.26. The van der Waals surface area contributed by atoms with Crippen molar-refractivity contribution in [3.05, 3.63) is 47.1 Å². The number of halogens is 1. The number of methoxy groups -OCH3 is 1. The van der Waals surface area contributed by atoms with Crippen molar-refractivity contribution >= 4 is 41.1 Å². The number of nitrogens with one attached hydrogen (secondary N) is 1. The number of aromatic nitrogens is 1. The molecule has 2 rings (SSSR count). The Labute approximate surface area is 154 Å². The lowest BCUT2D eigenvalue weighted by molar-refractivity contribution is -0.123. The summed E-state index contributed by atoms with van der Waals surface area (Å²) in [6, 6.07) is 8.28. The Kier molecular flexibility index (Phi) is 6.66. The van der Waals surface area contributed by atoms with Crippen LogP contribution in [0.1, 0.15) is 17.3 Å². The molecule has 0 bridgehead atoms. The smallest absolute Gasteiger partial charge is 0.342 e. The number of carbonyl (C=O) groups is 2. The average Bonchev–Trinajstić information content (AvgIpc) is 2.62. The fourth-order valence-corrected chi connectivity index (χ4v) is 2.46. The molecule has 1 atom stereocenters. The minimum Gasteiger partial charge on any atom is -0.496 e. The van der Waals surface area contributed by atoms with Crippen molar-refractivity contribution in [1.82, 2.24) is 4.98 Å². The van der Waals surface area contributed by atoms with Gasteiger partial charge in [0.05, 0.1) is 12.1 Å². The molecule has 0 spiro atoms. The molecular formula is C17H17ClN2O4S. The van der Waals surface area contributed by atoms with E-state index in [2.05, 4.69) is 10.3 Å². The first-order valence-corrected chi connectivity index (χ1v) is 8.90. The van der Waals surface area contributed by atoms with Crippen LogP contribution in [0.4, 0.5) is 5.82 Å². The number of benzene rings is 1. The van der Waals surface area contributed by atoms with Crippen LogP contribution in [0.25, 0.3) is 0 Å². The van der Waals surface area contributed by atoms with E-state index < -0.39 is 18.0 Å².